The van der Waals surface area contributed by atoms with Crippen LogP contribution >= 0.6 is 39.3 Å². The Balaban J connectivity index is 2.04. The zero-order chi connectivity index (χ0) is 14.0. The topological polar surface area (TPSA) is 24.4 Å². The lowest BCUT2D eigenvalue weighted by molar-refractivity contribution is 0.575. The van der Waals surface area contributed by atoms with Crippen LogP contribution in [-0.4, -0.2) is 17.0 Å². The average Bonchev–Trinajstić information content (AvgIpc) is 2.70. The van der Waals surface area contributed by atoms with Gasteiger partial charge in [0.1, 0.15) is 5.82 Å². The molecular weight excluding hydrogens is 351 g/mol. The predicted octanol–water partition coefficient (Wildman–Crippen LogP) is 5.17. The van der Waals surface area contributed by atoms with Gasteiger partial charge < -0.3 is 5.32 Å². The zero-order valence-corrected chi connectivity index (χ0v) is 13.9. The number of benzene rings is 1. The highest BCUT2D eigenvalue weighted by Crippen LogP contribution is 2.34. The van der Waals surface area contributed by atoms with Crippen LogP contribution in [0.25, 0.3) is 0 Å². The van der Waals surface area contributed by atoms with E-state index < -0.39 is 0 Å². The van der Waals surface area contributed by atoms with Crippen molar-refractivity contribution in [3.8, 4) is 0 Å². The molecule has 1 aromatic carbocycles. The van der Waals surface area contributed by atoms with Crippen LogP contribution in [0.4, 0.5) is 10.1 Å². The van der Waals surface area contributed by atoms with E-state index in [9.17, 15) is 4.39 Å². The number of nitrogens with one attached hydrogen (secondary N) is 1. The second-order valence-corrected chi connectivity index (χ2v) is 7.44. The molecule has 1 N–H and O–H groups in total. The SMILES string of the molecule is CC(C)CC1CN=C(Nc2c(Cl)cc(F)cc2Br)S1. The van der Waals surface area contributed by atoms with Crippen LogP contribution in [0.3, 0.4) is 0 Å². The third-order valence-corrected chi connectivity index (χ3v) is 4.74. The number of amidine groups is 1. The van der Waals surface area contributed by atoms with Gasteiger partial charge in [-0.2, -0.15) is 0 Å². The minimum absolute atomic E-state index is 0.350. The Morgan fingerprint density at radius 3 is 2.95 bits per heavy atom. The van der Waals surface area contributed by atoms with Gasteiger partial charge in [-0.25, -0.2) is 4.39 Å². The van der Waals surface area contributed by atoms with Crippen molar-refractivity contribution in [2.75, 3.05) is 11.9 Å². The van der Waals surface area contributed by atoms with Crippen molar-refractivity contribution in [2.45, 2.75) is 25.5 Å². The molecular formula is C13H15BrClFN2S. The summed E-state index contributed by atoms with van der Waals surface area (Å²) in [5.41, 5.74) is 0.666. The van der Waals surface area contributed by atoms with E-state index in [2.05, 4.69) is 40.1 Å². The molecule has 0 aromatic heterocycles. The van der Waals surface area contributed by atoms with E-state index in [0.29, 0.717) is 26.4 Å². The first kappa shape index (κ1) is 15.1. The number of hydrogen-bond acceptors (Lipinski definition) is 3. The first-order valence-corrected chi connectivity index (χ1v) is 8.13. The lowest BCUT2D eigenvalue weighted by Crippen LogP contribution is -2.10. The van der Waals surface area contributed by atoms with E-state index in [-0.39, 0.29) is 5.82 Å². The molecule has 1 aromatic rings. The van der Waals surface area contributed by atoms with Crippen molar-refractivity contribution in [2.24, 2.45) is 10.9 Å². The fourth-order valence-electron chi connectivity index (χ4n) is 1.90. The summed E-state index contributed by atoms with van der Waals surface area (Å²) in [5.74, 6) is 0.300. The highest BCUT2D eigenvalue weighted by molar-refractivity contribution is 9.10. The second kappa shape index (κ2) is 6.46. The number of rotatable bonds is 3. The Morgan fingerprint density at radius 2 is 2.32 bits per heavy atom. The van der Waals surface area contributed by atoms with Crippen molar-refractivity contribution >= 4 is 50.1 Å². The summed E-state index contributed by atoms with van der Waals surface area (Å²) < 4.78 is 13.8. The molecule has 0 amide bonds. The van der Waals surface area contributed by atoms with Gasteiger partial charge in [-0.1, -0.05) is 37.2 Å². The summed E-state index contributed by atoms with van der Waals surface area (Å²) in [4.78, 5) is 4.47. The summed E-state index contributed by atoms with van der Waals surface area (Å²) in [6.45, 7) is 5.24. The molecule has 1 aliphatic heterocycles. The van der Waals surface area contributed by atoms with Crippen LogP contribution in [0.5, 0.6) is 0 Å². The van der Waals surface area contributed by atoms with Crippen molar-refractivity contribution in [3.05, 3.63) is 27.4 Å². The maximum absolute atomic E-state index is 13.1. The molecule has 0 fully saturated rings. The van der Waals surface area contributed by atoms with Gasteiger partial charge >= 0.3 is 0 Å². The van der Waals surface area contributed by atoms with Crippen LogP contribution in [0, 0.1) is 11.7 Å². The van der Waals surface area contributed by atoms with Crippen LogP contribution in [0.1, 0.15) is 20.3 Å². The fourth-order valence-corrected chi connectivity index (χ4v) is 4.06. The lowest BCUT2D eigenvalue weighted by Gasteiger charge is -2.13. The molecule has 1 atom stereocenters. The predicted molar refractivity (Wildman–Crippen MR) is 85.9 cm³/mol. The van der Waals surface area contributed by atoms with E-state index in [1.54, 1.807) is 11.8 Å². The third kappa shape index (κ3) is 4.10. The molecule has 0 aliphatic carbocycles. The first-order chi connectivity index (χ1) is 8.95. The summed E-state index contributed by atoms with van der Waals surface area (Å²) >= 11 is 11.1. The van der Waals surface area contributed by atoms with Gasteiger partial charge in [0.15, 0.2) is 5.17 Å². The van der Waals surface area contributed by atoms with Gasteiger partial charge in [-0.3, -0.25) is 4.99 Å². The van der Waals surface area contributed by atoms with E-state index in [0.717, 1.165) is 18.1 Å². The fraction of sp³-hybridized carbons (Fsp3) is 0.462. The zero-order valence-electron chi connectivity index (χ0n) is 10.7. The van der Waals surface area contributed by atoms with Crippen molar-refractivity contribution in [3.63, 3.8) is 0 Å². The molecule has 0 saturated carbocycles. The molecule has 1 unspecified atom stereocenters. The van der Waals surface area contributed by atoms with Crippen LogP contribution in [0.15, 0.2) is 21.6 Å². The van der Waals surface area contributed by atoms with E-state index in [1.807, 2.05) is 0 Å². The Kier molecular flexibility index (Phi) is 5.15. The molecule has 104 valence electrons. The third-order valence-electron chi connectivity index (χ3n) is 2.69. The van der Waals surface area contributed by atoms with Gasteiger partial charge in [0.25, 0.3) is 0 Å². The van der Waals surface area contributed by atoms with E-state index in [1.165, 1.54) is 12.1 Å². The average molecular weight is 366 g/mol. The Morgan fingerprint density at radius 1 is 1.58 bits per heavy atom. The van der Waals surface area contributed by atoms with Crippen molar-refractivity contribution < 1.29 is 4.39 Å². The van der Waals surface area contributed by atoms with Gasteiger partial charge in [0, 0.05) is 9.72 Å². The molecule has 1 heterocycles. The van der Waals surface area contributed by atoms with Crippen molar-refractivity contribution in [1.82, 2.24) is 0 Å². The van der Waals surface area contributed by atoms with Crippen LogP contribution < -0.4 is 5.32 Å². The molecule has 2 nitrogen and oxygen atoms in total. The largest absolute Gasteiger partial charge is 0.333 e. The summed E-state index contributed by atoms with van der Waals surface area (Å²) in [7, 11) is 0. The smallest absolute Gasteiger partial charge is 0.161 e. The van der Waals surface area contributed by atoms with Gasteiger partial charge in [-0.15, -0.1) is 0 Å². The van der Waals surface area contributed by atoms with Crippen molar-refractivity contribution in [1.29, 1.82) is 0 Å². The molecule has 0 saturated heterocycles. The number of halogens is 3. The van der Waals surface area contributed by atoms with E-state index in [4.69, 9.17) is 11.6 Å². The first-order valence-electron chi connectivity index (χ1n) is 6.08. The summed E-state index contributed by atoms with van der Waals surface area (Å²) in [6.07, 6.45) is 1.14. The highest BCUT2D eigenvalue weighted by atomic mass is 79.9. The second-order valence-electron chi connectivity index (χ2n) is 4.88. The lowest BCUT2D eigenvalue weighted by atomic mass is 10.1. The van der Waals surface area contributed by atoms with Gasteiger partial charge in [0.05, 0.1) is 17.3 Å². The maximum Gasteiger partial charge on any atom is 0.161 e. The molecule has 2 rings (SSSR count). The number of hydrogen-bond donors (Lipinski definition) is 1. The highest BCUT2D eigenvalue weighted by Gasteiger charge is 2.21. The Labute approximate surface area is 130 Å². The minimum Gasteiger partial charge on any atom is -0.333 e. The standard InChI is InChI=1S/C13H15BrClFN2S/c1-7(2)3-9-6-17-13(19-9)18-12-10(14)4-8(16)5-11(12)15/h4-5,7,9H,3,6H2,1-2H3,(H,17,18). The van der Waals surface area contributed by atoms with Gasteiger partial charge in [0.2, 0.25) is 0 Å². The normalized spacial score (nSPS) is 18.8. The van der Waals surface area contributed by atoms with Crippen LogP contribution in [0.2, 0.25) is 5.02 Å². The maximum atomic E-state index is 13.1. The number of aliphatic imine (C=N–C) groups is 1. The summed E-state index contributed by atoms with van der Waals surface area (Å²) in [6, 6.07) is 2.68. The molecule has 0 bridgehead atoms. The number of thioether (sulfide) groups is 1. The molecule has 0 spiro atoms. The van der Waals surface area contributed by atoms with Gasteiger partial charge in [-0.05, 0) is 40.4 Å². The van der Waals surface area contributed by atoms with E-state index >= 15 is 0 Å². The Bertz CT molecular complexity index is 484. The number of nitrogens with zero attached hydrogens (tertiary/aromatic N) is 1. The molecule has 19 heavy (non-hydrogen) atoms. The Hall–Kier alpha value is -0.260. The molecule has 6 heteroatoms. The van der Waals surface area contributed by atoms with Crippen LogP contribution in [-0.2, 0) is 0 Å². The monoisotopic (exact) mass is 364 g/mol. The minimum atomic E-state index is -0.360. The quantitative estimate of drug-likeness (QED) is 0.799. The molecule has 1 aliphatic rings. The number of anilines is 1. The molecule has 0 radical (unpaired) electrons. The summed E-state index contributed by atoms with van der Waals surface area (Å²) in [5, 5.41) is 4.89.